The van der Waals surface area contributed by atoms with Crippen molar-refractivity contribution in [2.24, 2.45) is 5.92 Å². The number of carboxylic acids is 1. The molecule has 0 bridgehead atoms. The highest BCUT2D eigenvalue weighted by Gasteiger charge is 2.29. The fraction of sp³-hybridized carbons (Fsp3) is 0.462. The van der Waals surface area contributed by atoms with Gasteiger partial charge in [0.15, 0.2) is 5.78 Å². The fourth-order valence-electron chi connectivity index (χ4n) is 4.22. The van der Waals surface area contributed by atoms with Crippen LogP contribution in [0.2, 0.25) is 0 Å². The maximum absolute atomic E-state index is 12.5. The average Bonchev–Trinajstić information content (AvgIpc) is 2.79. The summed E-state index contributed by atoms with van der Waals surface area (Å²) in [4.78, 5) is 26.3. The molecule has 0 spiro atoms. The Morgan fingerprint density at radius 3 is 2.23 bits per heavy atom. The minimum atomic E-state index is -0.970. The third-order valence-electron chi connectivity index (χ3n) is 6.56. The van der Waals surface area contributed by atoms with Crippen LogP contribution in [0.15, 0.2) is 54.6 Å². The number of benzene rings is 2. The number of aliphatic hydroxyl groups is 1. The van der Waals surface area contributed by atoms with Crippen molar-refractivity contribution in [1.29, 1.82) is 0 Å². The fourth-order valence-corrected chi connectivity index (χ4v) is 4.22. The van der Waals surface area contributed by atoms with Gasteiger partial charge >= 0.3 is 5.97 Å². The van der Waals surface area contributed by atoms with Crippen LogP contribution in [0.25, 0.3) is 0 Å². The number of piperidine rings is 1. The quantitative estimate of drug-likeness (QED) is 0.583. The van der Waals surface area contributed by atoms with Crippen molar-refractivity contribution < 1.29 is 19.8 Å². The lowest BCUT2D eigenvalue weighted by molar-refractivity contribution is -0.142. The van der Waals surface area contributed by atoms with E-state index < -0.39 is 17.5 Å². The summed E-state index contributed by atoms with van der Waals surface area (Å²) >= 11 is 0. The van der Waals surface area contributed by atoms with Crippen LogP contribution in [-0.4, -0.2) is 46.5 Å². The first-order valence-corrected chi connectivity index (χ1v) is 11.1. The minimum absolute atomic E-state index is 0.0917. The number of ketones is 1. The van der Waals surface area contributed by atoms with Crippen molar-refractivity contribution in [2.45, 2.75) is 51.0 Å². The number of hydrogen-bond acceptors (Lipinski definition) is 4. The van der Waals surface area contributed by atoms with E-state index in [4.69, 9.17) is 0 Å². The Hall–Kier alpha value is -2.50. The van der Waals surface area contributed by atoms with E-state index in [-0.39, 0.29) is 11.7 Å². The second-order valence-corrected chi connectivity index (χ2v) is 9.07. The molecule has 1 unspecified atom stereocenters. The lowest BCUT2D eigenvalue weighted by atomic mass is 9.84. The van der Waals surface area contributed by atoms with Gasteiger partial charge in [0.1, 0.15) is 0 Å². The number of Topliss-reactive ketones (excluding diaryl/α,β-unsaturated/α-hetero) is 1. The molecule has 1 aliphatic heterocycles. The van der Waals surface area contributed by atoms with Crippen LogP contribution in [0.5, 0.6) is 0 Å². The van der Waals surface area contributed by atoms with Gasteiger partial charge in [-0.1, -0.05) is 54.6 Å². The van der Waals surface area contributed by atoms with Gasteiger partial charge in [0, 0.05) is 12.0 Å². The van der Waals surface area contributed by atoms with Crippen LogP contribution in [0.1, 0.15) is 67.1 Å². The zero-order valence-corrected chi connectivity index (χ0v) is 18.5. The standard InChI is InChI=1S/C26H33NO4/c1-26(2,25(30)31)22-12-10-19(11-13-22)23(28)9-6-16-27-17-14-21(15-18-27)24(29)20-7-4-3-5-8-20/h3-5,7-8,10-13,21,24,29H,6,9,14-18H2,1-2H3,(H,30,31). The molecule has 3 rings (SSSR count). The molecule has 2 aromatic rings. The minimum Gasteiger partial charge on any atom is -0.481 e. The van der Waals surface area contributed by atoms with Crippen LogP contribution < -0.4 is 0 Å². The van der Waals surface area contributed by atoms with Crippen LogP contribution in [-0.2, 0) is 10.2 Å². The van der Waals surface area contributed by atoms with E-state index in [1.54, 1.807) is 38.1 Å². The smallest absolute Gasteiger partial charge is 0.313 e. The highest BCUT2D eigenvalue weighted by Crippen LogP contribution is 2.30. The number of rotatable bonds is 9. The van der Waals surface area contributed by atoms with Crippen molar-refractivity contribution >= 4 is 11.8 Å². The Morgan fingerprint density at radius 2 is 1.65 bits per heavy atom. The summed E-state index contributed by atoms with van der Waals surface area (Å²) in [5, 5.41) is 19.9. The number of aliphatic hydroxyl groups excluding tert-OH is 1. The number of likely N-dealkylation sites (tertiary alicyclic amines) is 1. The number of nitrogens with zero attached hydrogens (tertiary/aromatic N) is 1. The van der Waals surface area contributed by atoms with E-state index in [0.29, 0.717) is 17.5 Å². The predicted octanol–water partition coefficient (Wildman–Crippen LogP) is 4.46. The van der Waals surface area contributed by atoms with E-state index in [1.165, 1.54) is 0 Å². The SMILES string of the molecule is CC(C)(C(=O)O)c1ccc(C(=O)CCCN2CCC(C(O)c3ccccc3)CC2)cc1. The summed E-state index contributed by atoms with van der Waals surface area (Å²) in [5.41, 5.74) is 1.35. The van der Waals surface area contributed by atoms with Crippen molar-refractivity contribution in [3.05, 3.63) is 71.3 Å². The van der Waals surface area contributed by atoms with E-state index in [2.05, 4.69) is 4.90 Å². The van der Waals surface area contributed by atoms with Gasteiger partial charge in [-0.2, -0.15) is 0 Å². The van der Waals surface area contributed by atoms with Crippen molar-refractivity contribution in [1.82, 2.24) is 4.90 Å². The molecule has 1 atom stereocenters. The Balaban J connectivity index is 1.42. The molecular formula is C26H33NO4. The molecule has 166 valence electrons. The monoisotopic (exact) mass is 423 g/mol. The maximum atomic E-state index is 12.5. The average molecular weight is 424 g/mol. The number of carbonyl (C=O) groups excluding carboxylic acids is 1. The Bertz CT molecular complexity index is 868. The molecule has 31 heavy (non-hydrogen) atoms. The molecule has 2 N–H and O–H groups in total. The van der Waals surface area contributed by atoms with E-state index in [9.17, 15) is 19.8 Å². The van der Waals surface area contributed by atoms with Crippen LogP contribution in [0, 0.1) is 5.92 Å². The molecule has 5 nitrogen and oxygen atoms in total. The Labute approximate surface area is 184 Å². The maximum Gasteiger partial charge on any atom is 0.313 e. The molecule has 0 saturated carbocycles. The van der Waals surface area contributed by atoms with Gasteiger partial charge in [-0.05, 0) is 69.8 Å². The van der Waals surface area contributed by atoms with Gasteiger partial charge < -0.3 is 15.1 Å². The van der Waals surface area contributed by atoms with Gasteiger partial charge in [-0.25, -0.2) is 0 Å². The number of hydrogen-bond donors (Lipinski definition) is 2. The first-order chi connectivity index (χ1) is 14.8. The lowest BCUT2D eigenvalue weighted by Gasteiger charge is -2.34. The third-order valence-corrected chi connectivity index (χ3v) is 6.56. The molecule has 0 aromatic heterocycles. The molecule has 5 heteroatoms. The Morgan fingerprint density at radius 1 is 1.03 bits per heavy atom. The first kappa shape index (κ1) is 23.2. The molecule has 1 saturated heterocycles. The lowest BCUT2D eigenvalue weighted by Crippen LogP contribution is -2.36. The summed E-state index contributed by atoms with van der Waals surface area (Å²) in [7, 11) is 0. The van der Waals surface area contributed by atoms with Crippen LogP contribution in [0.4, 0.5) is 0 Å². The zero-order valence-electron chi connectivity index (χ0n) is 18.5. The summed E-state index contributed by atoms with van der Waals surface area (Å²) in [6.45, 7) is 6.09. The van der Waals surface area contributed by atoms with Gasteiger partial charge in [0.25, 0.3) is 0 Å². The van der Waals surface area contributed by atoms with Crippen molar-refractivity contribution in [3.8, 4) is 0 Å². The summed E-state index contributed by atoms with van der Waals surface area (Å²) < 4.78 is 0. The molecule has 1 heterocycles. The van der Waals surface area contributed by atoms with Crippen LogP contribution in [0.3, 0.4) is 0 Å². The Kier molecular flexibility index (Phi) is 7.63. The summed E-state index contributed by atoms with van der Waals surface area (Å²) in [6.07, 6.45) is 2.80. The summed E-state index contributed by atoms with van der Waals surface area (Å²) in [6, 6.07) is 16.8. The van der Waals surface area contributed by atoms with E-state index >= 15 is 0 Å². The van der Waals surface area contributed by atoms with E-state index in [1.807, 2.05) is 30.3 Å². The van der Waals surface area contributed by atoms with E-state index in [0.717, 1.165) is 44.5 Å². The second kappa shape index (κ2) is 10.2. The van der Waals surface area contributed by atoms with Crippen molar-refractivity contribution in [2.75, 3.05) is 19.6 Å². The predicted molar refractivity (Wildman–Crippen MR) is 121 cm³/mol. The van der Waals surface area contributed by atoms with Gasteiger partial charge in [-0.3, -0.25) is 9.59 Å². The topological polar surface area (TPSA) is 77.8 Å². The number of carboxylic acid groups (broad SMARTS) is 1. The molecule has 2 aromatic carbocycles. The second-order valence-electron chi connectivity index (χ2n) is 9.07. The summed E-state index contributed by atoms with van der Waals surface area (Å²) in [5.74, 6) is -0.505. The third kappa shape index (κ3) is 5.81. The number of carbonyl (C=O) groups is 2. The largest absolute Gasteiger partial charge is 0.481 e. The van der Waals surface area contributed by atoms with Crippen molar-refractivity contribution in [3.63, 3.8) is 0 Å². The molecular weight excluding hydrogens is 390 g/mol. The molecule has 0 aliphatic carbocycles. The highest BCUT2D eigenvalue weighted by molar-refractivity contribution is 5.96. The van der Waals surface area contributed by atoms with Gasteiger partial charge in [0.05, 0.1) is 11.5 Å². The molecule has 0 amide bonds. The first-order valence-electron chi connectivity index (χ1n) is 11.1. The van der Waals surface area contributed by atoms with Gasteiger partial charge in [0.2, 0.25) is 0 Å². The molecule has 1 fully saturated rings. The van der Waals surface area contributed by atoms with Gasteiger partial charge in [-0.15, -0.1) is 0 Å². The normalized spacial score (nSPS) is 16.7. The highest BCUT2D eigenvalue weighted by atomic mass is 16.4. The number of aliphatic carboxylic acids is 1. The van der Waals surface area contributed by atoms with Crippen LogP contribution >= 0.6 is 0 Å². The molecule has 1 aliphatic rings. The molecule has 0 radical (unpaired) electrons. The zero-order chi connectivity index (χ0) is 22.4.